The number of nitrogens with one attached hydrogen (secondary N) is 1. The van der Waals surface area contributed by atoms with Crippen molar-refractivity contribution in [2.24, 2.45) is 0 Å². The van der Waals surface area contributed by atoms with E-state index in [2.05, 4.69) is 5.32 Å². The van der Waals surface area contributed by atoms with Gasteiger partial charge in [-0.1, -0.05) is 54.6 Å². The second kappa shape index (κ2) is 8.67. The molecule has 0 bridgehead atoms. The summed E-state index contributed by atoms with van der Waals surface area (Å²) in [6.07, 6.45) is 2.85. The second-order valence-corrected chi connectivity index (χ2v) is 5.76. The van der Waals surface area contributed by atoms with Gasteiger partial charge in [0.05, 0.1) is 7.11 Å². The average molecular weight is 361 g/mol. The molecule has 0 aromatic heterocycles. The largest absolute Gasteiger partial charge is 0.496 e. The molecule has 0 aliphatic carbocycles. The van der Waals surface area contributed by atoms with E-state index in [1.807, 2.05) is 60.7 Å². The third-order valence-corrected chi connectivity index (χ3v) is 3.95. The van der Waals surface area contributed by atoms with Crippen molar-refractivity contribution in [3.8, 4) is 5.75 Å². The predicted molar refractivity (Wildman–Crippen MR) is 106 cm³/mol. The van der Waals surface area contributed by atoms with E-state index in [1.54, 1.807) is 19.3 Å². The monoisotopic (exact) mass is 361 g/mol. The molecule has 0 fully saturated rings. The van der Waals surface area contributed by atoms with Crippen LogP contribution in [0.4, 0.5) is 5.69 Å². The maximum absolute atomic E-state index is 12.1. The molecule has 136 valence electrons. The van der Waals surface area contributed by atoms with E-state index >= 15 is 0 Å². The van der Waals surface area contributed by atoms with E-state index in [0.717, 1.165) is 16.3 Å². The van der Waals surface area contributed by atoms with Crippen molar-refractivity contribution in [2.45, 2.75) is 0 Å². The van der Waals surface area contributed by atoms with Crippen LogP contribution in [-0.4, -0.2) is 25.6 Å². The van der Waals surface area contributed by atoms with Crippen molar-refractivity contribution in [1.29, 1.82) is 0 Å². The van der Waals surface area contributed by atoms with Crippen LogP contribution < -0.4 is 10.1 Å². The average Bonchev–Trinajstić information content (AvgIpc) is 2.71. The number of amides is 1. The molecule has 0 spiro atoms. The summed E-state index contributed by atoms with van der Waals surface area (Å²) in [6.45, 7) is -0.363. The molecular weight excluding hydrogens is 342 g/mol. The Morgan fingerprint density at radius 1 is 0.963 bits per heavy atom. The normalized spacial score (nSPS) is 10.7. The first-order valence-corrected chi connectivity index (χ1v) is 8.43. The lowest BCUT2D eigenvalue weighted by molar-refractivity contribution is -0.142. The first-order valence-electron chi connectivity index (χ1n) is 8.43. The van der Waals surface area contributed by atoms with Crippen molar-refractivity contribution >= 4 is 34.4 Å². The van der Waals surface area contributed by atoms with Gasteiger partial charge < -0.3 is 14.8 Å². The Hall–Kier alpha value is -3.60. The zero-order chi connectivity index (χ0) is 19.1. The van der Waals surface area contributed by atoms with Gasteiger partial charge in [-0.25, -0.2) is 4.79 Å². The molecule has 0 heterocycles. The fourth-order valence-electron chi connectivity index (χ4n) is 2.67. The number of esters is 1. The number of rotatable bonds is 6. The first-order chi connectivity index (χ1) is 13.2. The summed E-state index contributed by atoms with van der Waals surface area (Å²) >= 11 is 0. The van der Waals surface area contributed by atoms with Gasteiger partial charge in [0.2, 0.25) is 0 Å². The fraction of sp³-hybridized carbons (Fsp3) is 0.0909. The van der Waals surface area contributed by atoms with E-state index in [-0.39, 0.29) is 6.61 Å². The van der Waals surface area contributed by atoms with Gasteiger partial charge in [0, 0.05) is 22.7 Å². The molecule has 1 amide bonds. The van der Waals surface area contributed by atoms with E-state index < -0.39 is 11.9 Å². The van der Waals surface area contributed by atoms with Gasteiger partial charge in [-0.2, -0.15) is 0 Å². The van der Waals surface area contributed by atoms with Crippen LogP contribution >= 0.6 is 0 Å². The van der Waals surface area contributed by atoms with Crippen LogP contribution in [0.25, 0.3) is 16.8 Å². The van der Waals surface area contributed by atoms with Crippen LogP contribution in [0.3, 0.4) is 0 Å². The number of hydrogen-bond acceptors (Lipinski definition) is 4. The number of carbonyl (C=O) groups is 2. The van der Waals surface area contributed by atoms with Crippen molar-refractivity contribution in [3.05, 3.63) is 78.4 Å². The van der Waals surface area contributed by atoms with Gasteiger partial charge in [-0.05, 0) is 23.6 Å². The Morgan fingerprint density at radius 2 is 1.70 bits per heavy atom. The molecular formula is C22H19NO4. The van der Waals surface area contributed by atoms with Gasteiger partial charge in [-0.15, -0.1) is 0 Å². The summed E-state index contributed by atoms with van der Waals surface area (Å²) in [7, 11) is 1.56. The Labute approximate surface area is 157 Å². The molecule has 0 saturated heterocycles. The smallest absolute Gasteiger partial charge is 0.331 e. The van der Waals surface area contributed by atoms with Gasteiger partial charge in [0.1, 0.15) is 5.75 Å². The summed E-state index contributed by atoms with van der Waals surface area (Å²) < 4.78 is 10.2. The number of hydrogen-bond donors (Lipinski definition) is 1. The zero-order valence-corrected chi connectivity index (χ0v) is 14.8. The maximum Gasteiger partial charge on any atom is 0.331 e. The van der Waals surface area contributed by atoms with Crippen LogP contribution in [0.5, 0.6) is 5.75 Å². The number of anilines is 1. The van der Waals surface area contributed by atoms with Crippen LogP contribution in [0, 0.1) is 0 Å². The van der Waals surface area contributed by atoms with Crippen molar-refractivity contribution in [1.82, 2.24) is 0 Å². The van der Waals surface area contributed by atoms with Crippen LogP contribution in [0.15, 0.2) is 72.8 Å². The van der Waals surface area contributed by atoms with Gasteiger partial charge in [0.15, 0.2) is 6.61 Å². The molecule has 0 saturated carbocycles. The quantitative estimate of drug-likeness (QED) is 0.531. The van der Waals surface area contributed by atoms with Crippen LogP contribution in [0.1, 0.15) is 5.56 Å². The maximum atomic E-state index is 12.1. The fourth-order valence-corrected chi connectivity index (χ4v) is 2.67. The summed E-state index contributed by atoms with van der Waals surface area (Å²) in [6, 6.07) is 20.7. The Bertz CT molecular complexity index is 989. The highest BCUT2D eigenvalue weighted by Crippen LogP contribution is 2.23. The Morgan fingerprint density at radius 3 is 2.56 bits per heavy atom. The van der Waals surface area contributed by atoms with Gasteiger partial charge in [-0.3, -0.25) is 4.79 Å². The SMILES string of the molecule is COc1ccccc1C=CC(=O)OCC(=O)Nc1cccc2ccccc12. The number of benzene rings is 3. The highest BCUT2D eigenvalue weighted by atomic mass is 16.5. The highest BCUT2D eigenvalue weighted by molar-refractivity contribution is 6.03. The molecule has 0 atom stereocenters. The summed E-state index contributed by atoms with van der Waals surface area (Å²) in [5.41, 5.74) is 1.43. The van der Waals surface area contributed by atoms with E-state index in [4.69, 9.17) is 9.47 Å². The third kappa shape index (κ3) is 4.73. The minimum Gasteiger partial charge on any atom is -0.496 e. The van der Waals surface area contributed by atoms with E-state index in [9.17, 15) is 9.59 Å². The molecule has 1 N–H and O–H groups in total. The van der Waals surface area contributed by atoms with Gasteiger partial charge in [0.25, 0.3) is 5.91 Å². The van der Waals surface area contributed by atoms with E-state index in [1.165, 1.54) is 6.08 Å². The molecule has 5 heteroatoms. The highest BCUT2D eigenvalue weighted by Gasteiger charge is 2.08. The topological polar surface area (TPSA) is 64.6 Å². The number of ether oxygens (including phenoxy) is 2. The summed E-state index contributed by atoms with van der Waals surface area (Å²) in [5, 5.41) is 4.72. The number of methoxy groups -OCH3 is 1. The molecule has 5 nitrogen and oxygen atoms in total. The van der Waals surface area contributed by atoms with Crippen molar-refractivity contribution in [2.75, 3.05) is 19.0 Å². The van der Waals surface area contributed by atoms with Crippen LogP contribution in [0.2, 0.25) is 0 Å². The molecule has 3 aromatic carbocycles. The van der Waals surface area contributed by atoms with E-state index in [0.29, 0.717) is 11.4 Å². The van der Waals surface area contributed by atoms with Gasteiger partial charge >= 0.3 is 5.97 Å². The number of para-hydroxylation sites is 1. The third-order valence-electron chi connectivity index (χ3n) is 3.95. The number of carbonyl (C=O) groups excluding carboxylic acids is 2. The lowest BCUT2D eigenvalue weighted by Crippen LogP contribution is -2.20. The molecule has 0 aliphatic rings. The van der Waals surface area contributed by atoms with Crippen molar-refractivity contribution < 1.29 is 19.1 Å². The second-order valence-electron chi connectivity index (χ2n) is 5.76. The minimum atomic E-state index is -0.603. The predicted octanol–water partition coefficient (Wildman–Crippen LogP) is 4.04. The first kappa shape index (κ1) is 18.2. The molecule has 27 heavy (non-hydrogen) atoms. The standard InChI is InChI=1S/C22H19NO4/c1-26-20-12-5-3-8-17(20)13-14-22(25)27-15-21(24)23-19-11-6-9-16-7-2-4-10-18(16)19/h2-14H,15H2,1H3,(H,23,24). The molecule has 0 aliphatic heterocycles. The molecule has 3 rings (SSSR count). The summed E-state index contributed by atoms with van der Waals surface area (Å²) in [5.74, 6) is -0.352. The number of fused-ring (bicyclic) bond motifs is 1. The lowest BCUT2D eigenvalue weighted by atomic mass is 10.1. The zero-order valence-electron chi connectivity index (χ0n) is 14.8. The molecule has 3 aromatic rings. The minimum absolute atomic E-state index is 0.363. The lowest BCUT2D eigenvalue weighted by Gasteiger charge is -2.08. The summed E-state index contributed by atoms with van der Waals surface area (Å²) in [4.78, 5) is 24.0. The van der Waals surface area contributed by atoms with Crippen LogP contribution in [-0.2, 0) is 14.3 Å². The Kier molecular flexibility index (Phi) is 5.84. The molecule has 0 unspecified atom stereocenters. The van der Waals surface area contributed by atoms with Crippen molar-refractivity contribution in [3.63, 3.8) is 0 Å². The Balaban J connectivity index is 1.57. The molecule has 0 radical (unpaired) electrons.